The Bertz CT molecular complexity index is 337. The molecule has 0 unspecified atom stereocenters. The lowest BCUT2D eigenvalue weighted by Crippen LogP contribution is -2.48. The lowest BCUT2D eigenvalue weighted by atomic mass is 9.99. The highest BCUT2D eigenvalue weighted by Crippen LogP contribution is 2.07. The van der Waals surface area contributed by atoms with Gasteiger partial charge in [0.15, 0.2) is 5.78 Å². The molecule has 18 heavy (non-hydrogen) atoms. The van der Waals surface area contributed by atoms with Crippen LogP contribution in [-0.2, 0) is 9.59 Å². The molecule has 0 saturated carbocycles. The smallest absolute Gasteiger partial charge is 0.331 e. The van der Waals surface area contributed by atoms with Gasteiger partial charge in [-0.15, -0.1) is 0 Å². The van der Waals surface area contributed by atoms with Crippen LogP contribution in [-0.4, -0.2) is 73.4 Å². The van der Waals surface area contributed by atoms with Crippen molar-refractivity contribution in [3.63, 3.8) is 0 Å². The van der Waals surface area contributed by atoms with Gasteiger partial charge in [0.25, 0.3) is 0 Å². The second kappa shape index (κ2) is 7.19. The number of carbonyl (C=O) groups is 2. The van der Waals surface area contributed by atoms with Crippen LogP contribution in [0.4, 0.5) is 0 Å². The summed E-state index contributed by atoms with van der Waals surface area (Å²) in [4.78, 5) is 21.7. The van der Waals surface area contributed by atoms with Crippen molar-refractivity contribution in [2.45, 2.75) is 31.3 Å². The zero-order valence-corrected chi connectivity index (χ0v) is 9.59. The first kappa shape index (κ1) is 16.7. The summed E-state index contributed by atoms with van der Waals surface area (Å²) in [6, 6.07) is 0. The average Bonchev–Trinajstić information content (AvgIpc) is 2.34. The number of carbonyl (C=O) groups excluding carboxylic acids is 1. The van der Waals surface area contributed by atoms with E-state index in [9.17, 15) is 24.9 Å². The second-order valence-corrected chi connectivity index (χ2v) is 3.71. The normalized spacial score (nSPS) is 18.9. The Hall–Kier alpha value is -1.32. The van der Waals surface area contributed by atoms with E-state index in [1.165, 1.54) is 0 Å². The van der Waals surface area contributed by atoms with Crippen molar-refractivity contribution in [1.29, 1.82) is 0 Å². The molecule has 0 bridgehead atoms. The Kier molecular flexibility index (Phi) is 6.66. The van der Waals surface area contributed by atoms with Gasteiger partial charge < -0.3 is 30.6 Å². The second-order valence-electron chi connectivity index (χ2n) is 3.71. The Balaban J connectivity index is 4.74. The van der Waals surface area contributed by atoms with Gasteiger partial charge in [-0.05, 0) is 13.0 Å². The van der Waals surface area contributed by atoms with Crippen LogP contribution in [0, 0.1) is 0 Å². The number of aliphatic hydroxyl groups is 5. The number of rotatable bonds is 7. The zero-order chi connectivity index (χ0) is 14.5. The summed E-state index contributed by atoms with van der Waals surface area (Å²) >= 11 is 0. The largest absolute Gasteiger partial charge is 0.478 e. The number of carboxylic acid groups (broad SMARTS) is 1. The molecule has 8 nitrogen and oxygen atoms in total. The van der Waals surface area contributed by atoms with Gasteiger partial charge in [0, 0.05) is 5.57 Å². The van der Waals surface area contributed by atoms with Gasteiger partial charge >= 0.3 is 5.97 Å². The van der Waals surface area contributed by atoms with E-state index in [1.54, 1.807) is 0 Å². The molecule has 0 aromatic rings. The van der Waals surface area contributed by atoms with Gasteiger partial charge in [-0.1, -0.05) is 0 Å². The fourth-order valence-electron chi connectivity index (χ4n) is 1.05. The molecule has 104 valence electrons. The predicted octanol–water partition coefficient (Wildman–Crippen LogP) is -2.98. The summed E-state index contributed by atoms with van der Waals surface area (Å²) in [5.74, 6) is -2.51. The summed E-state index contributed by atoms with van der Waals surface area (Å²) in [7, 11) is 0. The SMILES string of the molecule is CC(=CC(=O)[C@@H](O)[C@@H](O)[C@H](O)[C@H](O)CO)C(=O)O. The monoisotopic (exact) mass is 264 g/mol. The minimum Gasteiger partial charge on any atom is -0.478 e. The first-order valence-corrected chi connectivity index (χ1v) is 5.01. The van der Waals surface area contributed by atoms with Crippen LogP contribution in [0.25, 0.3) is 0 Å². The maximum absolute atomic E-state index is 11.3. The number of ketones is 1. The third-order valence-electron chi connectivity index (χ3n) is 2.24. The molecular weight excluding hydrogens is 248 g/mol. The number of hydrogen-bond donors (Lipinski definition) is 6. The third kappa shape index (κ3) is 4.51. The summed E-state index contributed by atoms with van der Waals surface area (Å²) in [5.41, 5.74) is -0.358. The van der Waals surface area contributed by atoms with Gasteiger partial charge in [-0.25, -0.2) is 4.79 Å². The highest BCUT2D eigenvalue weighted by atomic mass is 16.4. The number of carboxylic acids is 1. The minimum absolute atomic E-state index is 0.358. The number of hydrogen-bond acceptors (Lipinski definition) is 7. The molecule has 0 spiro atoms. The fraction of sp³-hybridized carbons (Fsp3) is 0.600. The topological polar surface area (TPSA) is 156 Å². The first-order valence-electron chi connectivity index (χ1n) is 5.01. The summed E-state index contributed by atoms with van der Waals surface area (Å²) in [5, 5.41) is 53.9. The van der Waals surface area contributed by atoms with Crippen LogP contribution in [0.3, 0.4) is 0 Å². The molecule has 0 rings (SSSR count). The summed E-state index contributed by atoms with van der Waals surface area (Å²) in [6.45, 7) is 0.238. The van der Waals surface area contributed by atoms with Crippen LogP contribution in [0.15, 0.2) is 11.6 Å². The van der Waals surface area contributed by atoms with Crippen molar-refractivity contribution in [2.24, 2.45) is 0 Å². The predicted molar refractivity (Wildman–Crippen MR) is 57.5 cm³/mol. The molecule has 8 heteroatoms. The van der Waals surface area contributed by atoms with Crippen molar-refractivity contribution in [2.75, 3.05) is 6.61 Å². The molecule has 0 aromatic heterocycles. The molecule has 0 aromatic carbocycles. The molecule has 4 atom stereocenters. The van der Waals surface area contributed by atoms with Gasteiger partial charge in [0.05, 0.1) is 6.61 Å². The van der Waals surface area contributed by atoms with Crippen LogP contribution in [0.5, 0.6) is 0 Å². The van der Waals surface area contributed by atoms with E-state index in [-0.39, 0.29) is 5.57 Å². The van der Waals surface area contributed by atoms with Crippen molar-refractivity contribution < 1.29 is 40.2 Å². The molecule has 6 N–H and O–H groups in total. The van der Waals surface area contributed by atoms with Gasteiger partial charge in [-0.2, -0.15) is 0 Å². The molecule has 0 saturated heterocycles. The maximum atomic E-state index is 11.3. The standard InChI is InChI=1S/C10H16O8/c1-4(10(17)18)2-5(12)7(14)9(16)8(15)6(13)3-11/h2,6-9,11,13-16H,3H2,1H3,(H,17,18)/t6-,7-,8-,9-/m1/s1. The quantitative estimate of drug-likeness (QED) is 0.266. The Labute approximate surface area is 102 Å². The van der Waals surface area contributed by atoms with E-state index in [0.29, 0.717) is 6.08 Å². The van der Waals surface area contributed by atoms with Crippen LogP contribution < -0.4 is 0 Å². The van der Waals surface area contributed by atoms with E-state index < -0.39 is 42.8 Å². The Morgan fingerprint density at radius 2 is 1.61 bits per heavy atom. The lowest BCUT2D eigenvalue weighted by Gasteiger charge is -2.24. The van der Waals surface area contributed by atoms with Crippen LogP contribution in [0.1, 0.15) is 6.92 Å². The molecule has 0 aliphatic heterocycles. The van der Waals surface area contributed by atoms with E-state index in [2.05, 4.69) is 0 Å². The molecule has 0 radical (unpaired) electrons. The number of aliphatic hydroxyl groups excluding tert-OH is 5. The molecule has 0 aliphatic carbocycles. The third-order valence-corrected chi connectivity index (χ3v) is 2.24. The van der Waals surface area contributed by atoms with Crippen LogP contribution in [0.2, 0.25) is 0 Å². The van der Waals surface area contributed by atoms with Gasteiger partial charge in [0.1, 0.15) is 24.4 Å². The van der Waals surface area contributed by atoms with Gasteiger partial charge in [0.2, 0.25) is 0 Å². The van der Waals surface area contributed by atoms with Crippen molar-refractivity contribution in [3.8, 4) is 0 Å². The van der Waals surface area contributed by atoms with Crippen LogP contribution >= 0.6 is 0 Å². The summed E-state index contributed by atoms with van der Waals surface area (Å²) in [6.07, 6.45) is -7.22. The van der Waals surface area contributed by atoms with Gasteiger partial charge in [-0.3, -0.25) is 4.79 Å². The Morgan fingerprint density at radius 3 is 2.00 bits per heavy atom. The van der Waals surface area contributed by atoms with E-state index in [4.69, 9.17) is 15.3 Å². The maximum Gasteiger partial charge on any atom is 0.331 e. The Morgan fingerprint density at radius 1 is 1.11 bits per heavy atom. The minimum atomic E-state index is -2.10. The molecule has 0 amide bonds. The summed E-state index contributed by atoms with van der Waals surface area (Å²) < 4.78 is 0. The molecular formula is C10H16O8. The molecule has 0 heterocycles. The fourth-order valence-corrected chi connectivity index (χ4v) is 1.05. The van der Waals surface area contributed by atoms with Crippen molar-refractivity contribution >= 4 is 11.8 Å². The van der Waals surface area contributed by atoms with E-state index in [0.717, 1.165) is 6.92 Å². The van der Waals surface area contributed by atoms with Crippen molar-refractivity contribution in [1.82, 2.24) is 0 Å². The zero-order valence-electron chi connectivity index (χ0n) is 9.59. The van der Waals surface area contributed by atoms with Crippen molar-refractivity contribution in [3.05, 3.63) is 11.6 Å². The highest BCUT2D eigenvalue weighted by molar-refractivity contribution is 6.00. The molecule has 0 fully saturated rings. The number of aliphatic carboxylic acids is 1. The highest BCUT2D eigenvalue weighted by Gasteiger charge is 2.33. The lowest BCUT2D eigenvalue weighted by molar-refractivity contribution is -0.143. The first-order chi connectivity index (χ1) is 8.22. The average molecular weight is 264 g/mol. The van der Waals surface area contributed by atoms with E-state index in [1.807, 2.05) is 0 Å². The molecule has 0 aliphatic rings. The van der Waals surface area contributed by atoms with E-state index >= 15 is 0 Å².